The monoisotopic (exact) mass is 991 g/mol. The smallest absolute Gasteiger partial charge is 0.298 e. The molecule has 4 amide bonds. The third-order valence-electron chi connectivity index (χ3n) is 14.6. The summed E-state index contributed by atoms with van der Waals surface area (Å²) in [5.74, 6) is 4.47. The molecule has 4 aliphatic heterocycles. The zero-order valence-electron chi connectivity index (χ0n) is 42.3. The molecule has 2 N–H and O–H groups in total. The van der Waals surface area contributed by atoms with Crippen LogP contribution in [0.15, 0.2) is 41.9 Å². The zero-order chi connectivity index (χ0) is 50.5. The van der Waals surface area contributed by atoms with Crippen LogP contribution in [0.3, 0.4) is 0 Å². The van der Waals surface area contributed by atoms with E-state index in [2.05, 4.69) is 64.1 Å². The van der Waals surface area contributed by atoms with E-state index < -0.39 is 28.8 Å². The number of pyridine rings is 1. The first-order valence-corrected chi connectivity index (χ1v) is 25.8. The maximum Gasteiger partial charge on any atom is 0.298 e. The maximum absolute atomic E-state index is 14.6. The number of likely N-dealkylation sites (tertiary alicyclic amines) is 2. The van der Waals surface area contributed by atoms with Gasteiger partial charge in [-0.3, -0.25) is 38.9 Å². The second-order valence-corrected chi connectivity index (χ2v) is 21.5. The van der Waals surface area contributed by atoms with Crippen molar-refractivity contribution in [3.8, 4) is 34.4 Å². The van der Waals surface area contributed by atoms with Crippen molar-refractivity contribution in [3.05, 3.63) is 58.2 Å². The topological polar surface area (TPSA) is 181 Å². The number of nitrogens with one attached hydrogen (secondary N) is 2. The van der Waals surface area contributed by atoms with Crippen molar-refractivity contribution in [2.75, 3.05) is 79.3 Å². The van der Waals surface area contributed by atoms with Gasteiger partial charge in [0, 0.05) is 105 Å². The molecule has 71 heavy (non-hydrogen) atoms. The SMILES string of the molecule is CO[C@@H](C)c1ncccc1-c1c(CC(C)(C)COC=O)c2cc(-c3csc(C[C@H](NC(=O)[C@H](C(C)C)N4CCC5(CCN(C(=O)C#CCN6CCOCC6)C5)C4=O)C(=O)N4CCCCN4)n3)ccc2n1C. The number of ether oxygens (including phenoxy) is 3. The number of benzene rings is 1. The van der Waals surface area contributed by atoms with Crippen LogP contribution in [0, 0.1) is 28.6 Å². The second-order valence-electron chi connectivity index (χ2n) is 20.6. The first-order chi connectivity index (χ1) is 34.1. The van der Waals surface area contributed by atoms with Crippen LogP contribution in [0.4, 0.5) is 0 Å². The Morgan fingerprint density at radius 2 is 1.86 bits per heavy atom. The molecule has 4 saturated heterocycles. The Kier molecular flexibility index (Phi) is 16.3. The van der Waals surface area contributed by atoms with E-state index in [0.717, 1.165) is 70.6 Å². The molecule has 7 heterocycles. The van der Waals surface area contributed by atoms with E-state index in [-0.39, 0.29) is 49.3 Å². The van der Waals surface area contributed by atoms with Gasteiger partial charge in [0.1, 0.15) is 12.1 Å². The Morgan fingerprint density at radius 1 is 1.07 bits per heavy atom. The molecule has 4 aromatic rings. The number of fused-ring (bicyclic) bond motifs is 1. The molecule has 0 saturated carbocycles. The minimum Gasteiger partial charge on any atom is -0.467 e. The number of aromatic nitrogens is 3. The van der Waals surface area contributed by atoms with Gasteiger partial charge in [0.15, 0.2) is 0 Å². The van der Waals surface area contributed by atoms with Gasteiger partial charge in [-0.2, -0.15) is 0 Å². The summed E-state index contributed by atoms with van der Waals surface area (Å²) < 4.78 is 18.7. The minimum atomic E-state index is -0.958. The molecule has 1 aromatic carbocycles. The molecular formula is C53H69N9O8S. The van der Waals surface area contributed by atoms with Gasteiger partial charge in [0.2, 0.25) is 11.8 Å². The molecule has 18 heteroatoms. The van der Waals surface area contributed by atoms with E-state index in [1.54, 1.807) is 28.1 Å². The summed E-state index contributed by atoms with van der Waals surface area (Å²) in [6.07, 6.45) is 5.05. The van der Waals surface area contributed by atoms with Crippen molar-refractivity contribution in [2.45, 2.75) is 91.3 Å². The predicted octanol–water partition coefficient (Wildman–Crippen LogP) is 4.78. The second kappa shape index (κ2) is 22.4. The highest BCUT2D eigenvalue weighted by Gasteiger charge is 2.54. The molecule has 1 unspecified atom stereocenters. The Hall–Kier alpha value is -5.71. The molecule has 0 bridgehead atoms. The third kappa shape index (κ3) is 11.3. The van der Waals surface area contributed by atoms with E-state index in [9.17, 15) is 24.0 Å². The Balaban J connectivity index is 1.03. The number of hydrogen-bond donors (Lipinski definition) is 2. The predicted molar refractivity (Wildman–Crippen MR) is 270 cm³/mol. The van der Waals surface area contributed by atoms with Crippen molar-refractivity contribution in [1.29, 1.82) is 0 Å². The molecule has 0 radical (unpaired) electrons. The largest absolute Gasteiger partial charge is 0.467 e. The lowest BCUT2D eigenvalue weighted by Gasteiger charge is -2.34. The molecule has 4 aliphatic rings. The molecule has 4 atom stereocenters. The minimum absolute atomic E-state index is 0.137. The summed E-state index contributed by atoms with van der Waals surface area (Å²) >= 11 is 1.43. The lowest BCUT2D eigenvalue weighted by molar-refractivity contribution is -0.146. The summed E-state index contributed by atoms with van der Waals surface area (Å²) in [5.41, 5.74) is 8.49. The van der Waals surface area contributed by atoms with Crippen molar-refractivity contribution >= 4 is 52.3 Å². The number of methoxy groups -OCH3 is 1. The quantitative estimate of drug-likeness (QED) is 0.109. The molecule has 380 valence electrons. The highest BCUT2D eigenvalue weighted by atomic mass is 32.1. The van der Waals surface area contributed by atoms with Crippen molar-refractivity contribution < 1.29 is 38.2 Å². The van der Waals surface area contributed by atoms with Gasteiger partial charge in [-0.15, -0.1) is 11.3 Å². The number of nitrogens with zero attached hydrogens (tertiary/aromatic N) is 7. The average molecular weight is 992 g/mol. The first kappa shape index (κ1) is 51.6. The summed E-state index contributed by atoms with van der Waals surface area (Å²) in [5, 5.41) is 8.39. The fourth-order valence-electron chi connectivity index (χ4n) is 10.7. The highest BCUT2D eigenvalue weighted by molar-refractivity contribution is 7.10. The van der Waals surface area contributed by atoms with Gasteiger partial charge in [-0.25, -0.2) is 10.4 Å². The summed E-state index contributed by atoms with van der Waals surface area (Å²) in [6, 6.07) is 8.49. The lowest BCUT2D eigenvalue weighted by atomic mass is 9.84. The van der Waals surface area contributed by atoms with E-state index >= 15 is 0 Å². The van der Waals surface area contributed by atoms with E-state index in [1.165, 1.54) is 11.3 Å². The van der Waals surface area contributed by atoms with Crippen LogP contribution in [0.25, 0.3) is 33.4 Å². The first-order valence-electron chi connectivity index (χ1n) is 25.0. The number of amides is 4. The van der Waals surface area contributed by atoms with Crippen molar-refractivity contribution in [1.82, 2.24) is 45.0 Å². The average Bonchev–Trinajstić information content (AvgIpc) is 4.16. The van der Waals surface area contributed by atoms with Gasteiger partial charge < -0.3 is 33.9 Å². The van der Waals surface area contributed by atoms with Crippen molar-refractivity contribution in [2.24, 2.45) is 23.8 Å². The number of carbonyl (C=O) groups is 5. The van der Waals surface area contributed by atoms with Gasteiger partial charge in [-0.1, -0.05) is 39.7 Å². The number of morpholine rings is 1. The number of hydrogen-bond acceptors (Lipinski definition) is 13. The zero-order valence-corrected chi connectivity index (χ0v) is 43.1. The number of thiazole rings is 1. The van der Waals surface area contributed by atoms with E-state index in [0.29, 0.717) is 76.7 Å². The summed E-state index contributed by atoms with van der Waals surface area (Å²) in [4.78, 5) is 83.4. The number of hydrazine groups is 1. The van der Waals surface area contributed by atoms with Crippen LogP contribution in [-0.4, -0.2) is 156 Å². The van der Waals surface area contributed by atoms with Crippen molar-refractivity contribution in [3.63, 3.8) is 0 Å². The molecule has 0 aliphatic carbocycles. The van der Waals surface area contributed by atoms with Crippen LogP contribution >= 0.6 is 11.3 Å². The number of carbonyl (C=O) groups excluding carboxylic acids is 5. The molecule has 3 aromatic heterocycles. The summed E-state index contributed by atoms with van der Waals surface area (Å²) in [7, 11) is 3.72. The molecule has 17 nitrogen and oxygen atoms in total. The standard InChI is InChI=1S/C53H69N9O8S/c1-35(2)47(61-23-17-53(51(61)67)16-22-60(32-53)45(64)13-11-20-59-24-26-69-27-25-59)49(65)57-41(50(66)62-21-9-8-19-55-62)29-44-56-42(31-71-44)37-14-15-43-39(28-37)40(30-52(4,5)33-70-34-63)48(58(43)6)38-12-10-18-54-46(38)36(3)68-7/h10,12,14-15,18,28,31,34-36,41,47,55H,8-9,16-17,19-27,29-30,32-33H2,1-7H3,(H,57,65)/t36-,41-,47-,53?/m0/s1. The van der Waals surface area contributed by atoms with Gasteiger partial charge in [0.05, 0.1) is 60.0 Å². The summed E-state index contributed by atoms with van der Waals surface area (Å²) in [6.45, 7) is 16.3. The number of rotatable bonds is 17. The van der Waals surface area contributed by atoms with Crippen LogP contribution in [-0.2, 0) is 58.1 Å². The Bertz CT molecular complexity index is 2660. The van der Waals surface area contributed by atoms with E-state index in [4.69, 9.17) is 24.2 Å². The fourth-order valence-corrected chi connectivity index (χ4v) is 11.5. The number of aryl methyl sites for hydroxylation is 1. The van der Waals surface area contributed by atoms with Crippen LogP contribution < -0.4 is 10.7 Å². The normalized spacial score (nSPS) is 20.1. The maximum atomic E-state index is 14.6. The lowest BCUT2D eigenvalue weighted by Crippen LogP contribution is -2.59. The van der Waals surface area contributed by atoms with Gasteiger partial charge >= 0.3 is 0 Å². The van der Waals surface area contributed by atoms with Crippen LogP contribution in [0.1, 0.15) is 82.7 Å². The van der Waals surface area contributed by atoms with Gasteiger partial charge in [0.25, 0.3) is 18.3 Å². The molecule has 1 spiro atoms. The Morgan fingerprint density at radius 3 is 2.59 bits per heavy atom. The molecule has 8 rings (SSSR count). The highest BCUT2D eigenvalue weighted by Crippen LogP contribution is 2.43. The third-order valence-corrected chi connectivity index (χ3v) is 15.4. The van der Waals surface area contributed by atoms with Gasteiger partial charge in [-0.05, 0) is 80.7 Å². The Labute approximate surface area is 420 Å². The molecular weight excluding hydrogens is 923 g/mol. The fraction of sp³-hybridized carbons (Fsp3) is 0.566. The van der Waals surface area contributed by atoms with Crippen LogP contribution in [0.5, 0.6) is 0 Å². The van der Waals surface area contributed by atoms with Crippen LogP contribution in [0.2, 0.25) is 0 Å². The molecule has 4 fully saturated rings. The van der Waals surface area contributed by atoms with E-state index in [1.807, 2.05) is 45.3 Å².